The molecule has 3 nitrogen and oxygen atoms in total. The van der Waals surface area contributed by atoms with Crippen molar-refractivity contribution >= 4 is 6.08 Å². The maximum atomic E-state index is 5.85. The van der Waals surface area contributed by atoms with Gasteiger partial charge in [0.05, 0.1) is 26.4 Å². The van der Waals surface area contributed by atoms with Crippen LogP contribution in [0.1, 0.15) is 43.7 Å². The van der Waals surface area contributed by atoms with Crippen LogP contribution in [0.15, 0.2) is 24.8 Å². The van der Waals surface area contributed by atoms with E-state index in [1.54, 1.807) is 0 Å². The minimum atomic E-state index is 0.271. The van der Waals surface area contributed by atoms with Crippen molar-refractivity contribution in [3.05, 3.63) is 35.9 Å². The van der Waals surface area contributed by atoms with Crippen molar-refractivity contribution in [1.29, 1.82) is 0 Å². The molecule has 0 atom stereocenters. The third-order valence-corrected chi connectivity index (χ3v) is 4.23. The van der Waals surface area contributed by atoms with E-state index >= 15 is 0 Å². The first-order valence-corrected chi connectivity index (χ1v) is 8.64. The van der Waals surface area contributed by atoms with Gasteiger partial charge in [0.2, 0.25) is 0 Å². The highest BCUT2D eigenvalue weighted by molar-refractivity contribution is 5.51. The van der Waals surface area contributed by atoms with Crippen molar-refractivity contribution in [2.45, 2.75) is 39.5 Å². The maximum Gasteiger partial charge on any atom is 0.122 e. The molecule has 1 fully saturated rings. The van der Waals surface area contributed by atoms with Crippen molar-refractivity contribution in [3.8, 4) is 5.75 Å². The van der Waals surface area contributed by atoms with Gasteiger partial charge in [-0.25, -0.2) is 0 Å². The van der Waals surface area contributed by atoms with Gasteiger partial charge in [0.25, 0.3) is 0 Å². The lowest BCUT2D eigenvalue weighted by atomic mass is 9.90. The molecule has 0 radical (unpaired) electrons. The molecule has 23 heavy (non-hydrogen) atoms. The number of aryl methyl sites for hydroxylation is 1. The van der Waals surface area contributed by atoms with Crippen LogP contribution in [0.3, 0.4) is 0 Å². The zero-order chi connectivity index (χ0) is 16.5. The summed E-state index contributed by atoms with van der Waals surface area (Å²) in [7, 11) is 0. The van der Waals surface area contributed by atoms with Gasteiger partial charge in [-0.3, -0.25) is 0 Å². The third kappa shape index (κ3) is 6.00. The quantitative estimate of drug-likeness (QED) is 0.557. The fourth-order valence-electron chi connectivity index (χ4n) is 2.66. The lowest BCUT2D eigenvalue weighted by molar-refractivity contribution is -0.137. The van der Waals surface area contributed by atoms with Crippen LogP contribution in [0, 0.1) is 12.3 Å². The number of ether oxygens (including phenoxy) is 3. The van der Waals surface area contributed by atoms with Gasteiger partial charge in [-0.05, 0) is 49.4 Å². The molecule has 1 saturated heterocycles. The zero-order valence-electron chi connectivity index (χ0n) is 14.6. The van der Waals surface area contributed by atoms with Gasteiger partial charge in [-0.2, -0.15) is 0 Å². The van der Waals surface area contributed by atoms with E-state index in [2.05, 4.69) is 26.5 Å². The molecule has 2 rings (SSSR count). The van der Waals surface area contributed by atoms with Crippen molar-refractivity contribution in [3.63, 3.8) is 0 Å². The average molecular weight is 318 g/mol. The molecule has 0 bridgehead atoms. The Kier molecular flexibility index (Phi) is 7.13. The predicted octanol–water partition coefficient (Wildman–Crippen LogP) is 4.63. The molecule has 0 unspecified atom stereocenters. The second-order valence-electron chi connectivity index (χ2n) is 6.85. The number of rotatable bonds is 11. The van der Waals surface area contributed by atoms with Crippen LogP contribution in [-0.4, -0.2) is 33.0 Å². The number of unbranched alkanes of at least 4 members (excludes halogenated alkanes) is 3. The molecule has 1 heterocycles. The van der Waals surface area contributed by atoms with Crippen LogP contribution in [0.25, 0.3) is 6.08 Å². The third-order valence-electron chi connectivity index (χ3n) is 4.23. The van der Waals surface area contributed by atoms with E-state index in [0.717, 1.165) is 57.2 Å². The fraction of sp³-hybridized carbons (Fsp3) is 0.600. The van der Waals surface area contributed by atoms with Crippen LogP contribution in [0.4, 0.5) is 0 Å². The van der Waals surface area contributed by atoms with Gasteiger partial charge < -0.3 is 14.2 Å². The Hall–Kier alpha value is -1.32. The highest BCUT2D eigenvalue weighted by atomic mass is 16.5. The summed E-state index contributed by atoms with van der Waals surface area (Å²) < 4.78 is 16.8. The molecule has 0 amide bonds. The summed E-state index contributed by atoms with van der Waals surface area (Å²) in [5.74, 6) is 0.981. The highest BCUT2D eigenvalue weighted by Gasteiger charge is 2.33. The monoisotopic (exact) mass is 318 g/mol. The first-order chi connectivity index (χ1) is 11.1. The molecule has 0 spiro atoms. The highest BCUT2D eigenvalue weighted by Crippen LogP contribution is 2.26. The van der Waals surface area contributed by atoms with Crippen molar-refractivity contribution < 1.29 is 14.2 Å². The summed E-state index contributed by atoms with van der Waals surface area (Å²) >= 11 is 0. The number of hydrogen-bond donors (Lipinski definition) is 0. The van der Waals surface area contributed by atoms with E-state index in [1.807, 2.05) is 18.2 Å². The van der Waals surface area contributed by atoms with Crippen molar-refractivity contribution in [1.82, 2.24) is 0 Å². The van der Waals surface area contributed by atoms with Crippen LogP contribution >= 0.6 is 0 Å². The average Bonchev–Trinajstić information content (AvgIpc) is 2.52. The van der Waals surface area contributed by atoms with E-state index in [9.17, 15) is 0 Å². The molecule has 1 aliphatic rings. The summed E-state index contributed by atoms with van der Waals surface area (Å²) in [6.07, 6.45) is 6.47. The first kappa shape index (κ1) is 18.0. The Morgan fingerprint density at radius 3 is 2.52 bits per heavy atom. The van der Waals surface area contributed by atoms with Gasteiger partial charge >= 0.3 is 0 Å². The molecule has 0 aliphatic carbocycles. The second kappa shape index (κ2) is 9.09. The van der Waals surface area contributed by atoms with Crippen LogP contribution in [-0.2, 0) is 9.47 Å². The van der Waals surface area contributed by atoms with Crippen LogP contribution in [0.5, 0.6) is 5.75 Å². The SMILES string of the molecule is C=Cc1ccc(OCCCCCCOCC2(C)COC2)c(C)c1. The molecular formula is C20H30O3. The van der Waals surface area contributed by atoms with E-state index in [-0.39, 0.29) is 5.41 Å². The molecule has 0 aromatic heterocycles. The second-order valence-corrected chi connectivity index (χ2v) is 6.85. The first-order valence-electron chi connectivity index (χ1n) is 8.64. The molecule has 3 heteroatoms. The zero-order valence-corrected chi connectivity index (χ0v) is 14.6. The van der Waals surface area contributed by atoms with Crippen LogP contribution < -0.4 is 4.74 Å². The largest absolute Gasteiger partial charge is 0.493 e. The van der Waals surface area contributed by atoms with E-state index in [1.165, 1.54) is 18.4 Å². The summed E-state index contributed by atoms with van der Waals surface area (Å²) in [6.45, 7) is 12.2. The van der Waals surface area contributed by atoms with Gasteiger partial charge in [0.15, 0.2) is 0 Å². The number of hydrogen-bond acceptors (Lipinski definition) is 3. The van der Waals surface area contributed by atoms with Gasteiger partial charge in [-0.15, -0.1) is 0 Å². The Morgan fingerprint density at radius 1 is 1.17 bits per heavy atom. The molecule has 1 aliphatic heterocycles. The number of benzene rings is 1. The van der Waals surface area contributed by atoms with E-state index in [4.69, 9.17) is 14.2 Å². The molecule has 1 aromatic rings. The molecule has 0 N–H and O–H groups in total. The maximum absolute atomic E-state index is 5.85. The minimum Gasteiger partial charge on any atom is -0.493 e. The predicted molar refractivity (Wildman–Crippen MR) is 95.0 cm³/mol. The Morgan fingerprint density at radius 2 is 1.91 bits per heavy atom. The van der Waals surface area contributed by atoms with Gasteiger partial charge in [0.1, 0.15) is 5.75 Å². The Balaban J connectivity index is 1.47. The van der Waals surface area contributed by atoms with Gasteiger partial charge in [0, 0.05) is 12.0 Å². The Bertz CT molecular complexity index is 492. The smallest absolute Gasteiger partial charge is 0.122 e. The summed E-state index contributed by atoms with van der Waals surface area (Å²) in [6, 6.07) is 6.18. The molecular weight excluding hydrogens is 288 g/mol. The Labute approximate surface area is 140 Å². The molecule has 128 valence electrons. The van der Waals surface area contributed by atoms with Crippen molar-refractivity contribution in [2.24, 2.45) is 5.41 Å². The van der Waals surface area contributed by atoms with E-state index in [0.29, 0.717) is 0 Å². The van der Waals surface area contributed by atoms with Gasteiger partial charge in [-0.1, -0.05) is 32.1 Å². The van der Waals surface area contributed by atoms with Crippen molar-refractivity contribution in [2.75, 3.05) is 33.0 Å². The van der Waals surface area contributed by atoms with Crippen LogP contribution in [0.2, 0.25) is 0 Å². The molecule has 0 saturated carbocycles. The summed E-state index contributed by atoms with van der Waals surface area (Å²) in [4.78, 5) is 0. The normalized spacial score (nSPS) is 15.9. The lowest BCUT2D eigenvalue weighted by Gasteiger charge is -2.37. The standard InChI is InChI=1S/C20H30O3/c1-4-18-9-10-19(17(2)13-18)23-12-8-6-5-7-11-21-14-20(3)15-22-16-20/h4,9-10,13H,1,5-8,11-12,14-16H2,2-3H3. The minimum absolute atomic E-state index is 0.271. The summed E-state index contributed by atoms with van der Waals surface area (Å²) in [5, 5.41) is 0. The van der Waals surface area contributed by atoms with E-state index < -0.39 is 0 Å². The summed E-state index contributed by atoms with van der Waals surface area (Å²) in [5.41, 5.74) is 2.58. The fourth-order valence-corrected chi connectivity index (χ4v) is 2.66. The molecule has 1 aromatic carbocycles. The lowest BCUT2D eigenvalue weighted by Crippen LogP contribution is -2.43. The topological polar surface area (TPSA) is 27.7 Å².